The minimum absolute atomic E-state index is 0.0554. The van der Waals surface area contributed by atoms with Crippen LogP contribution in [0.4, 0.5) is 0 Å². The molecule has 4 heterocycles. The Hall–Kier alpha value is -5.63. The van der Waals surface area contributed by atoms with Crippen LogP contribution in [0.1, 0.15) is 203 Å². The number of rotatable bonds is 12. The van der Waals surface area contributed by atoms with E-state index in [1.165, 1.54) is 62.5 Å². The SMILES string of the molecule is CCCC[C@@H]1NC(=O)[C@H](CC2CCCC(I)C2)NC(=O)CN(C)C(=O)[C@H](CC2CCCC2)N(C)C(=O)[C@@H]2CCN2C(=O)[C@H](C)N(C)C(=O)[C@H]([C@@H](C)CC)NC(=O)[C@@H]2CCCCN2C(=O)C[C@@H](C(=O)N2CCCCC2)N(C)C(=O)[C@H](CC(C)C)NC(=O)C(C)(C)N(C)C1=O. The number of likely N-dealkylation sites (N-methyl/N-ethyl adjacent to an activating group) is 5. The van der Waals surface area contributed by atoms with Gasteiger partial charge < -0.3 is 60.5 Å². The Balaban J connectivity index is 1.40. The van der Waals surface area contributed by atoms with Crippen LogP contribution in [0, 0.1) is 23.7 Å². The van der Waals surface area contributed by atoms with Crippen molar-refractivity contribution in [3.63, 3.8) is 0 Å². The van der Waals surface area contributed by atoms with Gasteiger partial charge in [-0.25, -0.2) is 0 Å². The summed E-state index contributed by atoms with van der Waals surface area (Å²) in [6, 6.07) is -10.1. The molecule has 2 unspecified atom stereocenters. The third-order valence-electron chi connectivity index (χ3n) is 21.2. The van der Waals surface area contributed by atoms with E-state index in [0.29, 0.717) is 62.0 Å². The van der Waals surface area contributed by atoms with Crippen molar-refractivity contribution in [1.82, 2.24) is 60.5 Å². The van der Waals surface area contributed by atoms with Crippen molar-refractivity contribution in [3.05, 3.63) is 0 Å². The van der Waals surface area contributed by atoms with Crippen LogP contribution in [0.3, 0.4) is 0 Å². The number of nitrogens with one attached hydrogen (secondary N) is 4. The van der Waals surface area contributed by atoms with Crippen LogP contribution in [0.2, 0.25) is 0 Å². The monoisotopic (exact) mass is 1420 g/mol. The molecule has 4 N–H and O–H groups in total. The summed E-state index contributed by atoms with van der Waals surface area (Å²) in [6.45, 7) is 14.8. The lowest BCUT2D eigenvalue weighted by Crippen LogP contribution is -2.65. The number of hydrogen-bond acceptors (Lipinski definition) is 12. The van der Waals surface area contributed by atoms with E-state index in [1.54, 1.807) is 32.7 Å². The Bertz CT molecular complexity index is 2670. The molecule has 0 aromatic rings. The first kappa shape index (κ1) is 76.4. The fraction of sp³-hybridized carbons (Fsp3) is 0.824. The summed E-state index contributed by atoms with van der Waals surface area (Å²) < 4.78 is 0.356. The predicted molar refractivity (Wildman–Crippen MR) is 361 cm³/mol. The fourth-order valence-corrected chi connectivity index (χ4v) is 15.5. The number of halogens is 1. The van der Waals surface area contributed by atoms with Crippen LogP contribution in [0.15, 0.2) is 0 Å². The minimum atomic E-state index is -1.64. The zero-order valence-electron chi connectivity index (χ0n) is 58.2. The van der Waals surface area contributed by atoms with Gasteiger partial charge in [0.05, 0.1) is 13.0 Å². The second kappa shape index (κ2) is 34.9. The summed E-state index contributed by atoms with van der Waals surface area (Å²) in [4.78, 5) is 189. The van der Waals surface area contributed by atoms with Crippen molar-refractivity contribution >= 4 is 93.5 Å². The molecule has 0 aromatic heterocycles. The summed E-state index contributed by atoms with van der Waals surface area (Å²) in [6.07, 6.45) is 13.3. The first-order chi connectivity index (χ1) is 43.9. The van der Waals surface area contributed by atoms with Gasteiger partial charge in [0.2, 0.25) is 70.9 Å². The van der Waals surface area contributed by atoms with Gasteiger partial charge in [-0.05, 0) is 128 Å². The second-order valence-corrected chi connectivity index (χ2v) is 30.6. The van der Waals surface area contributed by atoms with Gasteiger partial charge in [0.15, 0.2) is 0 Å². The molecule has 93 heavy (non-hydrogen) atoms. The summed E-state index contributed by atoms with van der Waals surface area (Å²) in [5.41, 5.74) is -1.64. The average Bonchev–Trinajstić information content (AvgIpc) is 0.823. The van der Waals surface area contributed by atoms with Crippen LogP contribution in [0.25, 0.3) is 0 Å². The molecule has 4 saturated heterocycles. The third kappa shape index (κ3) is 19.5. The topological polar surface area (TPSA) is 279 Å². The molecule has 12 amide bonds. The first-order valence-corrected chi connectivity index (χ1v) is 36.2. The van der Waals surface area contributed by atoms with E-state index in [2.05, 4.69) is 43.9 Å². The highest BCUT2D eigenvalue weighted by molar-refractivity contribution is 14.1. The molecule has 2 saturated carbocycles. The van der Waals surface area contributed by atoms with Crippen molar-refractivity contribution < 1.29 is 57.5 Å². The van der Waals surface area contributed by atoms with Crippen LogP contribution < -0.4 is 21.3 Å². The maximum Gasteiger partial charge on any atom is 0.246 e. The highest BCUT2D eigenvalue weighted by Crippen LogP contribution is 2.34. The van der Waals surface area contributed by atoms with Gasteiger partial charge in [0.1, 0.15) is 59.9 Å². The summed E-state index contributed by atoms with van der Waals surface area (Å²) in [5.74, 6) is -7.16. The molecule has 4 aliphatic heterocycles. The fourth-order valence-electron chi connectivity index (χ4n) is 14.4. The zero-order chi connectivity index (χ0) is 68.8. The molecule has 524 valence electrons. The van der Waals surface area contributed by atoms with E-state index >= 15 is 4.79 Å². The van der Waals surface area contributed by atoms with Crippen molar-refractivity contribution in [1.29, 1.82) is 0 Å². The molecule has 0 radical (unpaired) electrons. The standard InChI is InChI=1S/C68H113IN12O12/c1-14-16-29-48-62(88)78(13)68(7,8)67(93)72-50(36-42(3)4)61(87)76(11)54(65(91)79-32-21-17-22-33-79)40-56(83)80-34-23-20-30-51(80)59(85)73-57(43(5)15-2)66(92)75(10)44(6)60(86)81-35-31-52(81)64(90)77(12)53(39-45-25-18-19-26-45)63(89)74(9)41-55(82)70-49(58(84)71-48)38-46-27-24-28-47(69)37-46/h42-54,57H,14-41H2,1-13H3,(H,70,82)(H,71,84)(H,72,93)(H,73,85)/t43-,44-,46?,47?,48-,49-,50-,51-,52-,53-,54-,57-/m0/s1. The van der Waals surface area contributed by atoms with Crippen molar-refractivity contribution in [2.75, 3.05) is 68.0 Å². The van der Waals surface area contributed by atoms with E-state index in [1.807, 2.05) is 34.6 Å². The van der Waals surface area contributed by atoms with E-state index < -0.39 is 150 Å². The van der Waals surface area contributed by atoms with Gasteiger partial charge in [-0.1, -0.05) is 115 Å². The molecule has 0 bridgehead atoms. The van der Waals surface area contributed by atoms with Crippen molar-refractivity contribution in [3.8, 4) is 0 Å². The lowest BCUT2D eigenvalue weighted by Gasteiger charge is -2.45. The van der Waals surface area contributed by atoms with Gasteiger partial charge in [-0.15, -0.1) is 0 Å². The minimum Gasteiger partial charge on any atom is -0.343 e. The van der Waals surface area contributed by atoms with Crippen LogP contribution >= 0.6 is 22.6 Å². The van der Waals surface area contributed by atoms with Crippen LogP contribution in [0.5, 0.6) is 0 Å². The molecule has 0 spiro atoms. The van der Waals surface area contributed by atoms with Gasteiger partial charge in [0.25, 0.3) is 0 Å². The quantitative estimate of drug-likeness (QED) is 0.152. The van der Waals surface area contributed by atoms with E-state index in [9.17, 15) is 52.7 Å². The molecule has 6 aliphatic rings. The third-order valence-corrected chi connectivity index (χ3v) is 22.4. The van der Waals surface area contributed by atoms with Crippen LogP contribution in [-0.2, 0) is 57.5 Å². The maximum absolute atomic E-state index is 15.2. The van der Waals surface area contributed by atoms with Gasteiger partial charge in [0, 0.05) is 65.3 Å². The summed E-state index contributed by atoms with van der Waals surface area (Å²) >= 11 is 2.42. The number of alkyl halides is 1. The Morgan fingerprint density at radius 1 is 0.591 bits per heavy atom. The normalized spacial score (nSPS) is 30.5. The number of hydrogen-bond donors (Lipinski definition) is 4. The summed E-state index contributed by atoms with van der Waals surface area (Å²) in [5, 5.41) is 11.8. The van der Waals surface area contributed by atoms with Crippen molar-refractivity contribution in [2.45, 2.75) is 267 Å². The Morgan fingerprint density at radius 2 is 1.24 bits per heavy atom. The molecule has 6 rings (SSSR count). The molecule has 12 atom stereocenters. The smallest absolute Gasteiger partial charge is 0.246 e. The molecular weight excluding hydrogens is 1300 g/mol. The maximum atomic E-state index is 15.2. The lowest BCUT2D eigenvalue weighted by atomic mass is 9.84. The van der Waals surface area contributed by atoms with Gasteiger partial charge in [-0.3, -0.25) is 57.5 Å². The zero-order valence-corrected chi connectivity index (χ0v) is 60.4. The van der Waals surface area contributed by atoms with Gasteiger partial charge >= 0.3 is 0 Å². The van der Waals surface area contributed by atoms with Crippen molar-refractivity contribution in [2.24, 2.45) is 23.7 Å². The average molecular weight is 1420 g/mol. The summed E-state index contributed by atoms with van der Waals surface area (Å²) in [7, 11) is 7.42. The number of nitrogens with zero attached hydrogens (tertiary/aromatic N) is 8. The number of carbonyl (C=O) groups is 12. The largest absolute Gasteiger partial charge is 0.343 e. The highest BCUT2D eigenvalue weighted by atomic mass is 127. The number of fused-ring (bicyclic) bond motifs is 2. The molecule has 0 aromatic carbocycles. The number of amides is 12. The molecule has 24 nitrogen and oxygen atoms in total. The van der Waals surface area contributed by atoms with Gasteiger partial charge in [-0.2, -0.15) is 0 Å². The molecule has 6 fully saturated rings. The Labute approximate surface area is 567 Å². The Morgan fingerprint density at radius 3 is 1.85 bits per heavy atom. The van der Waals surface area contributed by atoms with E-state index in [0.717, 1.165) is 70.6 Å². The molecular formula is C68H113IN12O12. The molecule has 2 aliphatic carbocycles. The number of unbranched alkanes of at least 4 members (excludes halogenated alkanes) is 1. The van der Waals surface area contributed by atoms with E-state index in [4.69, 9.17) is 0 Å². The lowest BCUT2D eigenvalue weighted by molar-refractivity contribution is -0.160. The molecule has 25 heteroatoms. The number of piperidine rings is 2. The highest BCUT2D eigenvalue weighted by Gasteiger charge is 2.48. The second-order valence-electron chi connectivity index (χ2n) is 28.8. The predicted octanol–water partition coefficient (Wildman–Crippen LogP) is 4.77. The van der Waals surface area contributed by atoms with E-state index in [-0.39, 0.29) is 56.5 Å². The number of likely N-dealkylation sites (tertiary alicyclic amines) is 1. The Kier molecular flexibility index (Phi) is 28.6. The number of carbonyl (C=O) groups excluding carboxylic acids is 12. The van der Waals surface area contributed by atoms with Crippen LogP contribution in [-0.4, -0.2) is 242 Å². The first-order valence-electron chi connectivity index (χ1n) is 35.0.